The number of ether oxygens (including phenoxy) is 1. The van der Waals surface area contributed by atoms with Crippen molar-refractivity contribution in [2.75, 3.05) is 19.7 Å². The number of aromatic nitrogens is 1. The van der Waals surface area contributed by atoms with E-state index in [2.05, 4.69) is 10.3 Å². The number of hydrogen-bond acceptors (Lipinski definition) is 5. The average Bonchev–Trinajstić information content (AvgIpc) is 3.26. The van der Waals surface area contributed by atoms with E-state index >= 15 is 0 Å². The molecule has 0 radical (unpaired) electrons. The monoisotopic (exact) mass is 384 g/mol. The van der Waals surface area contributed by atoms with Gasteiger partial charge in [0.1, 0.15) is 18.0 Å². The molecule has 0 bridgehead atoms. The van der Waals surface area contributed by atoms with E-state index in [4.69, 9.17) is 13.6 Å². The molecular weight excluding hydrogens is 363 g/mol. The predicted octanol–water partition coefficient (Wildman–Crippen LogP) is 4.00. The zero-order valence-electron chi connectivity index (χ0n) is 15.3. The van der Waals surface area contributed by atoms with Gasteiger partial charge in [0.2, 0.25) is 0 Å². The number of aromatic amines is 1. The van der Waals surface area contributed by atoms with Gasteiger partial charge in [-0.25, -0.2) is 9.18 Å². The maximum absolute atomic E-state index is 13.4. The molecule has 6 nitrogen and oxygen atoms in total. The highest BCUT2D eigenvalue weighted by molar-refractivity contribution is 5.81. The van der Waals surface area contributed by atoms with E-state index in [1.807, 2.05) is 6.07 Å². The van der Waals surface area contributed by atoms with Gasteiger partial charge in [-0.05, 0) is 61.7 Å². The largest absolute Gasteiger partial charge is 0.488 e. The summed E-state index contributed by atoms with van der Waals surface area (Å²) in [5.41, 5.74) is 2.83. The summed E-state index contributed by atoms with van der Waals surface area (Å²) in [6, 6.07) is 9.94. The first-order chi connectivity index (χ1) is 13.7. The van der Waals surface area contributed by atoms with Crippen LogP contribution in [0.2, 0.25) is 0 Å². The van der Waals surface area contributed by atoms with E-state index in [1.165, 1.54) is 12.1 Å². The van der Waals surface area contributed by atoms with Gasteiger partial charge in [0, 0.05) is 11.9 Å². The summed E-state index contributed by atoms with van der Waals surface area (Å²) in [4.78, 5) is 13.9. The van der Waals surface area contributed by atoms with Crippen LogP contribution < -0.4 is 15.8 Å². The number of fused-ring (bicyclic) bond motifs is 2. The molecule has 0 unspecified atom stereocenters. The fraction of sp³-hybridized carbons (Fsp3) is 0.286. The van der Waals surface area contributed by atoms with Crippen LogP contribution in [0.4, 0.5) is 4.39 Å². The van der Waals surface area contributed by atoms with E-state index in [9.17, 15) is 9.18 Å². The van der Waals surface area contributed by atoms with Crippen molar-refractivity contribution < 1.29 is 18.0 Å². The molecule has 0 saturated carbocycles. The number of oxazole rings is 1. The van der Waals surface area contributed by atoms with Gasteiger partial charge in [-0.15, -0.1) is 0 Å². The smallest absolute Gasteiger partial charge is 0.417 e. The van der Waals surface area contributed by atoms with E-state index in [0.717, 1.165) is 42.3 Å². The van der Waals surface area contributed by atoms with Crippen molar-refractivity contribution in [2.45, 2.75) is 19.3 Å². The van der Waals surface area contributed by atoms with Crippen molar-refractivity contribution >= 4 is 22.1 Å². The highest BCUT2D eigenvalue weighted by Gasteiger charge is 2.08. The van der Waals surface area contributed by atoms with E-state index in [1.54, 1.807) is 24.5 Å². The van der Waals surface area contributed by atoms with Crippen LogP contribution in [0.5, 0.6) is 5.75 Å². The molecule has 28 heavy (non-hydrogen) atoms. The normalized spacial score (nSPS) is 11.5. The number of para-hydroxylation sites is 1. The van der Waals surface area contributed by atoms with Crippen molar-refractivity contribution in [1.82, 2.24) is 10.3 Å². The molecule has 0 aliphatic heterocycles. The van der Waals surface area contributed by atoms with Gasteiger partial charge in [0.25, 0.3) is 0 Å². The van der Waals surface area contributed by atoms with Crippen molar-refractivity contribution in [2.24, 2.45) is 0 Å². The minimum absolute atomic E-state index is 0.244. The summed E-state index contributed by atoms with van der Waals surface area (Å²) in [5.74, 6) is -0.180. The van der Waals surface area contributed by atoms with Crippen molar-refractivity contribution in [1.29, 1.82) is 0 Å². The van der Waals surface area contributed by atoms with E-state index < -0.39 is 5.76 Å². The number of aryl methyl sites for hydroxylation is 1. The van der Waals surface area contributed by atoms with Crippen LogP contribution in [0.1, 0.15) is 18.4 Å². The van der Waals surface area contributed by atoms with Gasteiger partial charge >= 0.3 is 5.76 Å². The Bertz CT molecular complexity index is 1130. The molecule has 4 rings (SSSR count). The van der Waals surface area contributed by atoms with Gasteiger partial charge < -0.3 is 18.9 Å². The molecule has 0 fully saturated rings. The molecule has 0 spiro atoms. The van der Waals surface area contributed by atoms with Gasteiger partial charge in [0.15, 0.2) is 11.3 Å². The Hall–Kier alpha value is -3.06. The van der Waals surface area contributed by atoms with Gasteiger partial charge in [-0.2, -0.15) is 0 Å². The zero-order valence-corrected chi connectivity index (χ0v) is 15.3. The molecule has 2 heterocycles. The number of halogens is 1. The van der Waals surface area contributed by atoms with Crippen LogP contribution >= 0.6 is 0 Å². The number of hydrogen-bond donors (Lipinski definition) is 2. The van der Waals surface area contributed by atoms with Gasteiger partial charge in [0.05, 0.1) is 11.8 Å². The molecule has 146 valence electrons. The fourth-order valence-corrected chi connectivity index (χ4v) is 3.23. The lowest BCUT2D eigenvalue weighted by Crippen LogP contribution is -2.22. The lowest BCUT2D eigenvalue weighted by Gasteiger charge is -2.07. The van der Waals surface area contributed by atoms with Gasteiger partial charge in [-0.3, -0.25) is 4.98 Å². The molecule has 0 saturated heterocycles. The molecule has 0 amide bonds. The summed E-state index contributed by atoms with van der Waals surface area (Å²) in [5, 5.41) is 4.18. The van der Waals surface area contributed by atoms with Crippen LogP contribution in [-0.4, -0.2) is 24.7 Å². The maximum atomic E-state index is 13.4. The standard InChI is InChI=1S/C21H21FN2O4/c22-15-7-8-18-16(12-15)14(13-27-18)4-1-2-9-23-10-11-26-19-6-3-5-17-20(19)28-21(25)24-17/h3,5-8,12-13,23H,1-2,4,9-11H2,(H,24,25). The third kappa shape index (κ3) is 4.09. The first-order valence-electron chi connectivity index (χ1n) is 9.32. The summed E-state index contributed by atoms with van der Waals surface area (Å²) in [6.07, 6.45) is 4.53. The minimum atomic E-state index is -0.489. The number of rotatable bonds is 9. The first-order valence-corrected chi connectivity index (χ1v) is 9.32. The maximum Gasteiger partial charge on any atom is 0.417 e. The number of furan rings is 1. The second-order valence-corrected chi connectivity index (χ2v) is 6.60. The van der Waals surface area contributed by atoms with Crippen molar-refractivity contribution in [3.8, 4) is 5.75 Å². The highest BCUT2D eigenvalue weighted by Crippen LogP contribution is 2.24. The topological polar surface area (TPSA) is 80.4 Å². The Morgan fingerprint density at radius 1 is 1.14 bits per heavy atom. The van der Waals surface area contributed by atoms with Crippen LogP contribution in [0.15, 0.2) is 56.3 Å². The lowest BCUT2D eigenvalue weighted by molar-refractivity contribution is 0.312. The van der Waals surface area contributed by atoms with Crippen molar-refractivity contribution in [3.63, 3.8) is 0 Å². The second-order valence-electron chi connectivity index (χ2n) is 6.60. The number of unbranched alkanes of at least 4 members (excludes halogenated alkanes) is 1. The molecule has 7 heteroatoms. The molecule has 0 aliphatic carbocycles. The summed E-state index contributed by atoms with van der Waals surface area (Å²) < 4.78 is 29.6. The van der Waals surface area contributed by atoms with E-state index in [0.29, 0.717) is 30.0 Å². The van der Waals surface area contributed by atoms with Crippen LogP contribution in [0.3, 0.4) is 0 Å². The quantitative estimate of drug-likeness (QED) is 0.427. The minimum Gasteiger partial charge on any atom is -0.488 e. The number of nitrogens with one attached hydrogen (secondary N) is 2. The molecule has 2 N–H and O–H groups in total. The Morgan fingerprint density at radius 2 is 2.07 bits per heavy atom. The molecule has 4 aromatic rings. The van der Waals surface area contributed by atoms with E-state index in [-0.39, 0.29) is 5.82 Å². The molecule has 2 aromatic carbocycles. The van der Waals surface area contributed by atoms with Crippen LogP contribution in [0.25, 0.3) is 22.1 Å². The Balaban J connectivity index is 1.16. The lowest BCUT2D eigenvalue weighted by atomic mass is 10.1. The summed E-state index contributed by atoms with van der Waals surface area (Å²) in [6.45, 7) is 2.02. The molecule has 2 aromatic heterocycles. The first kappa shape index (κ1) is 18.3. The third-order valence-corrected chi connectivity index (χ3v) is 4.61. The Labute approximate surface area is 160 Å². The summed E-state index contributed by atoms with van der Waals surface area (Å²) in [7, 11) is 0. The molecule has 0 aliphatic rings. The fourth-order valence-electron chi connectivity index (χ4n) is 3.23. The average molecular weight is 384 g/mol. The number of benzene rings is 2. The third-order valence-electron chi connectivity index (χ3n) is 4.61. The zero-order chi connectivity index (χ0) is 19.3. The van der Waals surface area contributed by atoms with Crippen LogP contribution in [-0.2, 0) is 6.42 Å². The Kier molecular flexibility index (Phi) is 5.43. The highest BCUT2D eigenvalue weighted by atomic mass is 19.1. The molecular formula is C21H21FN2O4. The number of H-pyrrole nitrogens is 1. The summed E-state index contributed by atoms with van der Waals surface area (Å²) >= 11 is 0. The Morgan fingerprint density at radius 3 is 3.00 bits per heavy atom. The predicted molar refractivity (Wildman–Crippen MR) is 104 cm³/mol. The SMILES string of the molecule is O=c1[nH]c2cccc(OCCNCCCCc3coc4ccc(F)cc34)c2o1. The van der Waals surface area contributed by atoms with Crippen molar-refractivity contribution in [3.05, 3.63) is 64.6 Å². The molecule has 0 atom stereocenters. The van der Waals surface area contributed by atoms with Crippen LogP contribution in [0, 0.1) is 5.82 Å². The second kappa shape index (κ2) is 8.31. The van der Waals surface area contributed by atoms with Gasteiger partial charge in [-0.1, -0.05) is 6.07 Å².